The summed E-state index contributed by atoms with van der Waals surface area (Å²) in [6, 6.07) is 13.9. The molecule has 9 nitrogen and oxygen atoms in total. The average molecular weight is 599 g/mol. The van der Waals surface area contributed by atoms with Crippen molar-refractivity contribution in [1.29, 1.82) is 0 Å². The fraction of sp³-hybridized carbons (Fsp3) is 0.172. The second-order valence-electron chi connectivity index (χ2n) is 9.64. The summed E-state index contributed by atoms with van der Waals surface area (Å²) in [7, 11) is -3.74. The van der Waals surface area contributed by atoms with Gasteiger partial charge in [0.05, 0.1) is 29.4 Å². The molecule has 0 fully saturated rings. The van der Waals surface area contributed by atoms with Crippen LogP contribution in [0.3, 0.4) is 0 Å². The van der Waals surface area contributed by atoms with E-state index in [4.69, 9.17) is 15.2 Å². The first-order valence-electron chi connectivity index (χ1n) is 12.6. The first-order valence-corrected chi connectivity index (χ1v) is 14.5. The van der Waals surface area contributed by atoms with Crippen LogP contribution in [0.25, 0.3) is 11.8 Å². The monoisotopic (exact) mass is 598 g/mol. The number of hydrogen-bond acceptors (Lipinski definition) is 7. The number of alkyl halides is 2. The van der Waals surface area contributed by atoms with E-state index in [0.717, 1.165) is 6.26 Å². The van der Waals surface area contributed by atoms with E-state index in [9.17, 15) is 26.4 Å². The number of carbonyl (C=O) groups excluding carboxylic acids is 1. The Balaban J connectivity index is 1.38. The number of nitrogens with two attached hydrogens (primary N) is 1. The third kappa shape index (κ3) is 6.10. The Hall–Kier alpha value is -4.78. The molecule has 3 N–H and O–H groups in total. The number of Topliss-reactive ketones (excluding diaryl/α,β-unsaturated/α-hetero) is 1. The predicted molar refractivity (Wildman–Crippen MR) is 152 cm³/mol. The van der Waals surface area contributed by atoms with E-state index in [2.05, 4.69) is 9.82 Å². The maximum atomic E-state index is 14.0. The lowest BCUT2D eigenvalue weighted by atomic mass is 10.0. The zero-order valence-corrected chi connectivity index (χ0v) is 23.2. The van der Waals surface area contributed by atoms with Gasteiger partial charge in [0.25, 0.3) is 6.43 Å². The quantitative estimate of drug-likeness (QED) is 0.230. The minimum Gasteiger partial charge on any atom is -0.485 e. The number of nitrogens with zero attached hydrogens (tertiary/aromatic N) is 2. The van der Waals surface area contributed by atoms with Crippen molar-refractivity contribution >= 4 is 33.4 Å². The van der Waals surface area contributed by atoms with Crippen molar-refractivity contribution in [2.24, 2.45) is 0 Å². The van der Waals surface area contributed by atoms with Crippen LogP contribution in [0.15, 0.2) is 66.4 Å². The molecule has 218 valence electrons. The maximum Gasteiger partial charge on any atom is 0.272 e. The molecular weight excluding hydrogens is 573 g/mol. The van der Waals surface area contributed by atoms with Crippen molar-refractivity contribution in [1.82, 2.24) is 9.78 Å². The number of rotatable bonds is 10. The van der Waals surface area contributed by atoms with Crippen LogP contribution in [0.2, 0.25) is 0 Å². The summed E-state index contributed by atoms with van der Waals surface area (Å²) >= 11 is 0. The smallest absolute Gasteiger partial charge is 0.272 e. The lowest BCUT2D eigenvalue weighted by molar-refractivity contribution is 0.0822. The van der Waals surface area contributed by atoms with Crippen molar-refractivity contribution in [3.05, 3.63) is 94.4 Å². The first-order chi connectivity index (χ1) is 19.9. The van der Waals surface area contributed by atoms with Crippen LogP contribution >= 0.6 is 0 Å². The number of ketones is 1. The number of aromatic nitrogens is 2. The second kappa shape index (κ2) is 11.2. The van der Waals surface area contributed by atoms with Crippen LogP contribution in [-0.2, 0) is 16.4 Å². The molecule has 0 bridgehead atoms. The van der Waals surface area contributed by atoms with Crippen LogP contribution in [0.1, 0.15) is 27.0 Å². The minimum atomic E-state index is -3.74. The van der Waals surface area contributed by atoms with Gasteiger partial charge in [-0.2, -0.15) is 5.10 Å². The largest absolute Gasteiger partial charge is 0.485 e. The van der Waals surface area contributed by atoms with E-state index in [-0.39, 0.29) is 35.0 Å². The second-order valence-corrected chi connectivity index (χ2v) is 11.4. The highest BCUT2D eigenvalue weighted by Crippen LogP contribution is 2.37. The number of para-hydroxylation sites is 1. The van der Waals surface area contributed by atoms with Crippen molar-refractivity contribution in [2.45, 2.75) is 19.8 Å². The van der Waals surface area contributed by atoms with Gasteiger partial charge in [-0.3, -0.25) is 9.52 Å². The van der Waals surface area contributed by atoms with Gasteiger partial charge >= 0.3 is 0 Å². The molecule has 1 heterocycles. The number of ether oxygens (including phenoxy) is 2. The summed E-state index contributed by atoms with van der Waals surface area (Å²) in [5.74, 6) is -0.393. The van der Waals surface area contributed by atoms with Gasteiger partial charge in [-0.1, -0.05) is 12.1 Å². The van der Waals surface area contributed by atoms with E-state index in [0.29, 0.717) is 33.7 Å². The SMILES string of the molecule is Cc1cc(-n2ncc(C(=O)C3=Cc4cc(OCC(F)F)c(NS(C)(=O)=O)cc4C3)c2N)ccc1Oc1ccccc1F. The highest BCUT2D eigenvalue weighted by molar-refractivity contribution is 7.92. The highest BCUT2D eigenvalue weighted by atomic mass is 32.2. The van der Waals surface area contributed by atoms with Gasteiger partial charge in [0.1, 0.15) is 23.9 Å². The van der Waals surface area contributed by atoms with Gasteiger partial charge < -0.3 is 15.2 Å². The maximum absolute atomic E-state index is 14.0. The predicted octanol–water partition coefficient (Wildman–Crippen LogP) is 5.53. The van der Waals surface area contributed by atoms with Gasteiger partial charge in [0, 0.05) is 12.0 Å². The Kier molecular flexibility index (Phi) is 7.69. The first kappa shape index (κ1) is 28.7. The molecule has 42 heavy (non-hydrogen) atoms. The van der Waals surface area contributed by atoms with Gasteiger partial charge in [-0.25, -0.2) is 26.3 Å². The molecule has 5 rings (SSSR count). The van der Waals surface area contributed by atoms with E-state index in [1.54, 1.807) is 43.3 Å². The Bertz CT molecular complexity index is 1840. The Morgan fingerprint density at radius 1 is 1.12 bits per heavy atom. The van der Waals surface area contributed by atoms with Crippen LogP contribution in [0.5, 0.6) is 17.2 Å². The average Bonchev–Trinajstić information content (AvgIpc) is 3.51. The van der Waals surface area contributed by atoms with Crippen LogP contribution in [0, 0.1) is 12.7 Å². The summed E-state index contributed by atoms with van der Waals surface area (Å²) in [5, 5.41) is 4.28. The van der Waals surface area contributed by atoms with Crippen LogP contribution in [-0.4, -0.2) is 43.3 Å². The summed E-state index contributed by atoms with van der Waals surface area (Å²) in [4.78, 5) is 13.5. The topological polar surface area (TPSA) is 126 Å². The zero-order valence-electron chi connectivity index (χ0n) is 22.4. The summed E-state index contributed by atoms with van der Waals surface area (Å²) in [5.41, 5.74) is 9.15. The molecular formula is C29H25F3N4O5S. The molecule has 1 aromatic heterocycles. The zero-order chi connectivity index (χ0) is 30.2. The number of aryl methyl sites for hydroxylation is 1. The van der Waals surface area contributed by atoms with Crippen molar-refractivity contribution in [3.63, 3.8) is 0 Å². The molecule has 0 amide bonds. The fourth-order valence-electron chi connectivity index (χ4n) is 4.51. The number of sulfonamides is 1. The lowest BCUT2D eigenvalue weighted by Gasteiger charge is -2.14. The van der Waals surface area contributed by atoms with Gasteiger partial charge in [-0.05, 0) is 72.2 Å². The van der Waals surface area contributed by atoms with Crippen LogP contribution in [0.4, 0.5) is 24.7 Å². The highest BCUT2D eigenvalue weighted by Gasteiger charge is 2.26. The number of carbonyl (C=O) groups is 1. The normalized spacial score (nSPS) is 12.7. The molecule has 3 aromatic carbocycles. The number of fused-ring (bicyclic) bond motifs is 1. The number of halogens is 3. The summed E-state index contributed by atoms with van der Waals surface area (Å²) in [6.07, 6.45) is 1.22. The number of anilines is 2. The van der Waals surface area contributed by atoms with Gasteiger partial charge in [0.2, 0.25) is 10.0 Å². The van der Waals surface area contributed by atoms with Crippen LogP contribution < -0.4 is 19.9 Å². The number of benzene rings is 3. The molecule has 1 aliphatic carbocycles. The van der Waals surface area contributed by atoms with E-state index in [1.807, 2.05) is 0 Å². The Morgan fingerprint density at radius 3 is 2.57 bits per heavy atom. The Labute approximate surface area is 239 Å². The number of allylic oxidation sites excluding steroid dienone is 1. The van der Waals surface area contributed by atoms with Crippen molar-refractivity contribution < 1.29 is 35.9 Å². The molecule has 0 aliphatic heterocycles. The van der Waals surface area contributed by atoms with Gasteiger partial charge in [-0.15, -0.1) is 0 Å². The lowest BCUT2D eigenvalue weighted by Crippen LogP contribution is -2.13. The Morgan fingerprint density at radius 2 is 1.88 bits per heavy atom. The summed E-state index contributed by atoms with van der Waals surface area (Å²) < 4.78 is 77.7. The minimum absolute atomic E-state index is 0.0101. The van der Waals surface area contributed by atoms with E-state index in [1.165, 1.54) is 35.1 Å². The molecule has 0 atom stereocenters. The van der Waals surface area contributed by atoms with Crippen molar-refractivity contribution in [3.8, 4) is 22.9 Å². The molecule has 0 saturated carbocycles. The summed E-state index contributed by atoms with van der Waals surface area (Å²) in [6.45, 7) is 0.844. The molecule has 0 saturated heterocycles. The molecule has 0 unspecified atom stereocenters. The number of nitrogens with one attached hydrogen (secondary N) is 1. The molecule has 0 spiro atoms. The number of hydrogen-bond donors (Lipinski definition) is 2. The van der Waals surface area contributed by atoms with Gasteiger partial charge in [0.15, 0.2) is 17.3 Å². The van der Waals surface area contributed by atoms with E-state index < -0.39 is 34.7 Å². The molecule has 4 aromatic rings. The molecule has 13 heteroatoms. The fourth-order valence-corrected chi connectivity index (χ4v) is 5.07. The third-order valence-electron chi connectivity index (χ3n) is 6.41. The number of nitrogen functional groups attached to an aromatic ring is 1. The van der Waals surface area contributed by atoms with Crippen molar-refractivity contribution in [2.75, 3.05) is 23.3 Å². The van der Waals surface area contributed by atoms with E-state index >= 15 is 0 Å². The molecule has 0 radical (unpaired) electrons. The molecule has 1 aliphatic rings. The standard InChI is InChI=1S/C29H25F3N4O5S/c1-16-9-20(7-8-24(16)41-25-6-4-3-5-22(25)30)36-29(33)21(14-34-36)28(37)19-10-17-12-23(35-42(2,38)39)26(13-18(17)11-19)40-15-27(31)32/h3-9,11-14,27,35H,10,15,33H2,1-2H3. The third-order valence-corrected chi connectivity index (χ3v) is 7.01.